The average Bonchev–Trinajstić information content (AvgIpc) is 2.77. The van der Waals surface area contributed by atoms with E-state index in [0.717, 1.165) is 16.7 Å². The van der Waals surface area contributed by atoms with Crippen LogP contribution in [0, 0.1) is 6.92 Å². The monoisotopic (exact) mass is 441 g/mol. The van der Waals surface area contributed by atoms with Crippen molar-refractivity contribution in [1.82, 2.24) is 5.32 Å². The van der Waals surface area contributed by atoms with E-state index in [1.807, 2.05) is 67.6 Å². The van der Waals surface area contributed by atoms with Crippen LogP contribution >= 0.6 is 0 Å². The van der Waals surface area contributed by atoms with Gasteiger partial charge in [-0.05, 0) is 43.7 Å². The third-order valence-corrected chi connectivity index (χ3v) is 5.33. The molecule has 3 aromatic carbocycles. The van der Waals surface area contributed by atoms with Crippen molar-refractivity contribution < 1.29 is 22.5 Å². The standard InChI is InChI=1S/C17H19NO2.C7H8O3S/c1-18-16(12-14-8-4-2-5-9-14)17(19)20-13-15-10-6-3-7-11-15;1-6-2-4-7(5-3-6)11(8,9)10/h2-11,16,18H,12-13H2,1H3;2-5H,1H3,(H,8,9,10)/t16-;/m0./s1. The number of benzene rings is 3. The van der Waals surface area contributed by atoms with Gasteiger partial charge in [0.05, 0.1) is 4.90 Å². The lowest BCUT2D eigenvalue weighted by atomic mass is 10.1. The molecule has 0 saturated carbocycles. The maximum Gasteiger partial charge on any atom is 0.323 e. The summed E-state index contributed by atoms with van der Waals surface area (Å²) in [5.41, 5.74) is 3.07. The van der Waals surface area contributed by atoms with E-state index in [0.29, 0.717) is 13.0 Å². The first kappa shape index (κ1) is 24.3. The smallest absolute Gasteiger partial charge is 0.323 e. The summed E-state index contributed by atoms with van der Waals surface area (Å²) < 4.78 is 34.9. The molecule has 0 unspecified atom stereocenters. The van der Waals surface area contributed by atoms with Crippen molar-refractivity contribution in [2.75, 3.05) is 7.05 Å². The topological polar surface area (TPSA) is 92.7 Å². The molecule has 1 atom stereocenters. The summed E-state index contributed by atoms with van der Waals surface area (Å²) in [6.45, 7) is 2.15. The molecule has 7 heteroatoms. The minimum Gasteiger partial charge on any atom is -0.460 e. The molecule has 0 saturated heterocycles. The number of nitrogens with one attached hydrogen (secondary N) is 1. The van der Waals surface area contributed by atoms with Crippen LogP contribution in [0.2, 0.25) is 0 Å². The lowest BCUT2D eigenvalue weighted by Gasteiger charge is -2.15. The van der Waals surface area contributed by atoms with Gasteiger partial charge in [0.2, 0.25) is 0 Å². The molecule has 0 aliphatic rings. The molecule has 0 fully saturated rings. The van der Waals surface area contributed by atoms with Crippen LogP contribution in [0.4, 0.5) is 0 Å². The summed E-state index contributed by atoms with van der Waals surface area (Å²) in [5.74, 6) is -0.222. The Labute approximate surface area is 183 Å². The largest absolute Gasteiger partial charge is 0.460 e. The zero-order chi connectivity index (χ0) is 22.7. The second kappa shape index (κ2) is 12.0. The van der Waals surface area contributed by atoms with E-state index >= 15 is 0 Å². The second-order valence-electron chi connectivity index (χ2n) is 6.91. The molecule has 0 aliphatic carbocycles. The highest BCUT2D eigenvalue weighted by molar-refractivity contribution is 7.85. The Balaban J connectivity index is 0.000000262. The van der Waals surface area contributed by atoms with Crippen molar-refractivity contribution in [1.29, 1.82) is 0 Å². The second-order valence-corrected chi connectivity index (χ2v) is 8.33. The molecule has 3 aromatic rings. The summed E-state index contributed by atoms with van der Waals surface area (Å²) >= 11 is 0. The van der Waals surface area contributed by atoms with Crippen LogP contribution in [-0.2, 0) is 32.7 Å². The number of carbonyl (C=O) groups excluding carboxylic acids is 1. The van der Waals surface area contributed by atoms with Crippen LogP contribution in [0.5, 0.6) is 0 Å². The maximum atomic E-state index is 12.1. The third-order valence-electron chi connectivity index (χ3n) is 4.46. The summed E-state index contributed by atoms with van der Waals surface area (Å²) in [6, 6.07) is 25.3. The minimum atomic E-state index is -4.02. The molecular weight excluding hydrogens is 414 g/mol. The van der Waals surface area contributed by atoms with Crippen molar-refractivity contribution in [3.8, 4) is 0 Å². The van der Waals surface area contributed by atoms with Gasteiger partial charge in [-0.1, -0.05) is 78.4 Å². The van der Waals surface area contributed by atoms with E-state index < -0.39 is 10.1 Å². The van der Waals surface area contributed by atoms with E-state index in [2.05, 4.69) is 5.32 Å². The SMILES string of the molecule is CN[C@@H](Cc1ccccc1)C(=O)OCc1ccccc1.Cc1ccc(S(=O)(=O)O)cc1. The van der Waals surface area contributed by atoms with Gasteiger partial charge in [0.15, 0.2) is 0 Å². The fourth-order valence-electron chi connectivity index (χ4n) is 2.69. The molecule has 0 heterocycles. The summed E-state index contributed by atoms with van der Waals surface area (Å²) in [4.78, 5) is 12.0. The first-order valence-corrected chi connectivity index (χ1v) is 11.2. The average molecular weight is 442 g/mol. The van der Waals surface area contributed by atoms with Crippen molar-refractivity contribution in [3.05, 3.63) is 102 Å². The number of hydrogen-bond acceptors (Lipinski definition) is 5. The maximum absolute atomic E-state index is 12.1. The van der Waals surface area contributed by atoms with Gasteiger partial charge in [-0.2, -0.15) is 8.42 Å². The molecule has 0 amide bonds. The van der Waals surface area contributed by atoms with Gasteiger partial charge in [-0.25, -0.2) is 0 Å². The number of hydrogen-bond donors (Lipinski definition) is 2. The number of likely N-dealkylation sites (N-methyl/N-ethyl adjacent to an activating group) is 1. The Morgan fingerprint density at radius 3 is 1.90 bits per heavy atom. The quantitative estimate of drug-likeness (QED) is 0.428. The van der Waals surface area contributed by atoms with E-state index in [1.165, 1.54) is 12.1 Å². The van der Waals surface area contributed by atoms with Crippen LogP contribution < -0.4 is 5.32 Å². The predicted octanol–water partition coefficient (Wildman–Crippen LogP) is 3.80. The third kappa shape index (κ3) is 8.72. The highest BCUT2D eigenvalue weighted by Crippen LogP contribution is 2.09. The van der Waals surface area contributed by atoms with Crippen molar-refractivity contribution in [2.24, 2.45) is 0 Å². The van der Waals surface area contributed by atoms with Crippen LogP contribution in [0.25, 0.3) is 0 Å². The number of esters is 1. The molecule has 0 radical (unpaired) electrons. The molecule has 2 N–H and O–H groups in total. The van der Waals surface area contributed by atoms with Gasteiger partial charge in [-0.15, -0.1) is 0 Å². The summed E-state index contributed by atoms with van der Waals surface area (Å²) in [7, 11) is -2.24. The minimum absolute atomic E-state index is 0.0666. The summed E-state index contributed by atoms with van der Waals surface area (Å²) in [6.07, 6.45) is 0.630. The number of carbonyl (C=O) groups is 1. The van der Waals surface area contributed by atoms with E-state index in [9.17, 15) is 13.2 Å². The van der Waals surface area contributed by atoms with Crippen LogP contribution in [0.15, 0.2) is 89.8 Å². The van der Waals surface area contributed by atoms with E-state index in [4.69, 9.17) is 9.29 Å². The normalized spacial score (nSPS) is 11.7. The number of aryl methyl sites for hydroxylation is 1. The highest BCUT2D eigenvalue weighted by Gasteiger charge is 2.18. The number of ether oxygens (including phenoxy) is 1. The Morgan fingerprint density at radius 1 is 0.903 bits per heavy atom. The first-order chi connectivity index (χ1) is 14.8. The van der Waals surface area contributed by atoms with Gasteiger partial charge in [0.25, 0.3) is 10.1 Å². The zero-order valence-electron chi connectivity index (χ0n) is 17.6. The van der Waals surface area contributed by atoms with Crippen molar-refractivity contribution >= 4 is 16.1 Å². The van der Waals surface area contributed by atoms with Crippen LogP contribution in [0.3, 0.4) is 0 Å². The lowest BCUT2D eigenvalue weighted by Crippen LogP contribution is -2.37. The Morgan fingerprint density at radius 2 is 1.42 bits per heavy atom. The van der Waals surface area contributed by atoms with E-state index in [-0.39, 0.29) is 16.9 Å². The van der Waals surface area contributed by atoms with Gasteiger partial charge in [0, 0.05) is 0 Å². The molecule has 164 valence electrons. The first-order valence-electron chi connectivity index (χ1n) is 9.75. The van der Waals surface area contributed by atoms with Crippen molar-refractivity contribution in [2.45, 2.75) is 30.9 Å². The molecule has 0 aliphatic heterocycles. The fourth-order valence-corrected chi connectivity index (χ4v) is 3.17. The van der Waals surface area contributed by atoms with Gasteiger partial charge in [0.1, 0.15) is 12.6 Å². The zero-order valence-corrected chi connectivity index (χ0v) is 18.4. The lowest BCUT2D eigenvalue weighted by molar-refractivity contribution is -0.147. The fraction of sp³-hybridized carbons (Fsp3) is 0.208. The van der Waals surface area contributed by atoms with Gasteiger partial charge >= 0.3 is 5.97 Å². The molecule has 0 spiro atoms. The predicted molar refractivity (Wildman–Crippen MR) is 120 cm³/mol. The Kier molecular flexibility index (Phi) is 9.40. The Bertz CT molecular complexity index is 1040. The van der Waals surface area contributed by atoms with Crippen molar-refractivity contribution in [3.63, 3.8) is 0 Å². The Hall–Kier alpha value is -3.00. The van der Waals surface area contributed by atoms with Gasteiger partial charge < -0.3 is 10.1 Å². The number of rotatable bonds is 7. The molecule has 0 bridgehead atoms. The molecular formula is C24H27NO5S. The van der Waals surface area contributed by atoms with Crippen LogP contribution in [0.1, 0.15) is 16.7 Å². The molecule has 6 nitrogen and oxygen atoms in total. The highest BCUT2D eigenvalue weighted by atomic mass is 32.2. The van der Waals surface area contributed by atoms with Crippen LogP contribution in [-0.4, -0.2) is 32.0 Å². The summed E-state index contributed by atoms with van der Waals surface area (Å²) in [5, 5.41) is 3.01. The molecule has 0 aromatic heterocycles. The van der Waals surface area contributed by atoms with Gasteiger partial charge in [-0.3, -0.25) is 9.35 Å². The molecule has 31 heavy (non-hydrogen) atoms. The van der Waals surface area contributed by atoms with E-state index in [1.54, 1.807) is 19.2 Å². The molecule has 3 rings (SSSR count).